The van der Waals surface area contributed by atoms with E-state index in [1.807, 2.05) is 19.1 Å². The molecule has 32 heavy (non-hydrogen) atoms. The number of carbonyl (C=O) groups is 1. The van der Waals surface area contributed by atoms with E-state index in [0.29, 0.717) is 25.3 Å². The van der Waals surface area contributed by atoms with Gasteiger partial charge in [-0.2, -0.15) is 0 Å². The maximum atomic E-state index is 11.0. The predicted octanol–water partition coefficient (Wildman–Crippen LogP) is 6.14. The molecule has 0 fully saturated rings. The molecule has 168 valence electrons. The van der Waals surface area contributed by atoms with E-state index >= 15 is 0 Å². The van der Waals surface area contributed by atoms with Crippen LogP contribution in [0.5, 0.6) is 0 Å². The third-order valence-electron chi connectivity index (χ3n) is 6.02. The standard InChI is InChI=1S/C26H29NO4S/c1-17-23(27-26(31-17)19-9-12-20(32-2)13-10-19)15-16-30-24-8-4-6-21-18(11-14-25(28)29)5-3-7-22(21)24/h4-6,9-10,12-13,24H,3,7-8,11,14-16H2,1-2H3,(H,28,29). The minimum absolute atomic E-state index is 0.0503. The molecule has 6 heteroatoms. The number of aryl methyl sites for hydroxylation is 1. The van der Waals surface area contributed by atoms with Gasteiger partial charge < -0.3 is 14.3 Å². The summed E-state index contributed by atoms with van der Waals surface area (Å²) in [4.78, 5) is 16.9. The molecule has 0 aliphatic heterocycles. The maximum Gasteiger partial charge on any atom is 0.303 e. The molecule has 0 amide bonds. The third-order valence-corrected chi connectivity index (χ3v) is 6.76. The SMILES string of the molecule is CSc1ccc(-c2nc(CCOC3CC=CC4=C3CCC=C4CCC(=O)O)c(C)o2)cc1. The zero-order valence-corrected chi connectivity index (χ0v) is 19.4. The number of hydrogen-bond donors (Lipinski definition) is 1. The van der Waals surface area contributed by atoms with Crippen molar-refractivity contribution < 1.29 is 19.1 Å². The molecule has 1 atom stereocenters. The number of oxazole rings is 1. The van der Waals surface area contributed by atoms with Gasteiger partial charge in [0, 0.05) is 23.3 Å². The Balaban J connectivity index is 1.38. The molecule has 1 unspecified atom stereocenters. The number of benzene rings is 1. The lowest BCUT2D eigenvalue weighted by atomic mass is 9.82. The minimum atomic E-state index is -0.756. The number of aromatic nitrogens is 1. The first-order valence-electron chi connectivity index (χ1n) is 11.1. The molecule has 1 aromatic carbocycles. The highest BCUT2D eigenvalue weighted by Crippen LogP contribution is 2.36. The summed E-state index contributed by atoms with van der Waals surface area (Å²) in [7, 11) is 0. The summed E-state index contributed by atoms with van der Waals surface area (Å²) in [6.07, 6.45) is 12.8. The lowest BCUT2D eigenvalue weighted by molar-refractivity contribution is -0.136. The molecular weight excluding hydrogens is 422 g/mol. The number of carboxylic acid groups (broad SMARTS) is 1. The van der Waals surface area contributed by atoms with Gasteiger partial charge in [-0.05, 0) is 79.8 Å². The highest BCUT2D eigenvalue weighted by Gasteiger charge is 2.25. The smallest absolute Gasteiger partial charge is 0.303 e. The number of rotatable bonds is 9. The fourth-order valence-electron chi connectivity index (χ4n) is 4.31. The van der Waals surface area contributed by atoms with Gasteiger partial charge in [0.1, 0.15) is 5.76 Å². The molecule has 0 bridgehead atoms. The molecule has 1 N–H and O–H groups in total. The monoisotopic (exact) mass is 451 g/mol. The van der Waals surface area contributed by atoms with Crippen molar-refractivity contribution in [1.82, 2.24) is 4.98 Å². The number of thioether (sulfide) groups is 1. The van der Waals surface area contributed by atoms with Gasteiger partial charge >= 0.3 is 5.97 Å². The van der Waals surface area contributed by atoms with Crippen LogP contribution in [-0.2, 0) is 16.0 Å². The Labute approximate surface area is 193 Å². The van der Waals surface area contributed by atoms with Crippen molar-refractivity contribution >= 4 is 17.7 Å². The second-order valence-corrected chi connectivity index (χ2v) is 8.98. The van der Waals surface area contributed by atoms with E-state index in [4.69, 9.17) is 19.2 Å². The molecule has 1 aromatic heterocycles. The average molecular weight is 452 g/mol. The van der Waals surface area contributed by atoms with E-state index in [1.165, 1.54) is 16.0 Å². The first kappa shape index (κ1) is 22.6. The van der Waals surface area contributed by atoms with Crippen LogP contribution >= 0.6 is 11.8 Å². The van der Waals surface area contributed by atoms with Crippen LogP contribution in [0.4, 0.5) is 0 Å². The van der Waals surface area contributed by atoms with Crippen molar-refractivity contribution in [3.63, 3.8) is 0 Å². The second-order valence-electron chi connectivity index (χ2n) is 8.10. The van der Waals surface area contributed by atoms with Crippen molar-refractivity contribution in [3.8, 4) is 11.5 Å². The molecule has 4 rings (SSSR count). The van der Waals surface area contributed by atoms with Crippen LogP contribution in [0.3, 0.4) is 0 Å². The molecule has 0 spiro atoms. The number of hydrogen-bond acceptors (Lipinski definition) is 5. The Morgan fingerprint density at radius 1 is 1.28 bits per heavy atom. The third kappa shape index (κ3) is 5.25. The summed E-state index contributed by atoms with van der Waals surface area (Å²) in [5, 5.41) is 9.04. The van der Waals surface area contributed by atoms with E-state index in [1.54, 1.807) is 11.8 Å². The number of aliphatic carboxylic acids is 1. The Bertz CT molecular complexity index is 1060. The first-order valence-corrected chi connectivity index (χ1v) is 12.3. The van der Waals surface area contributed by atoms with Crippen LogP contribution < -0.4 is 0 Å². The summed E-state index contributed by atoms with van der Waals surface area (Å²) in [5.41, 5.74) is 5.54. The van der Waals surface area contributed by atoms with E-state index in [2.05, 4.69) is 36.6 Å². The fourth-order valence-corrected chi connectivity index (χ4v) is 4.72. The van der Waals surface area contributed by atoms with Crippen molar-refractivity contribution in [2.45, 2.75) is 56.4 Å². The molecule has 5 nitrogen and oxygen atoms in total. The summed E-state index contributed by atoms with van der Waals surface area (Å²) < 4.78 is 12.2. The van der Waals surface area contributed by atoms with E-state index in [9.17, 15) is 4.79 Å². The van der Waals surface area contributed by atoms with Crippen LogP contribution in [0.15, 0.2) is 68.5 Å². The summed E-state index contributed by atoms with van der Waals surface area (Å²) >= 11 is 1.71. The van der Waals surface area contributed by atoms with Crippen molar-refractivity contribution in [1.29, 1.82) is 0 Å². The van der Waals surface area contributed by atoms with Crippen LogP contribution in [-0.4, -0.2) is 35.0 Å². The molecule has 2 aliphatic carbocycles. The fraction of sp³-hybridized carbons (Fsp3) is 0.385. The van der Waals surface area contributed by atoms with Crippen LogP contribution in [0.2, 0.25) is 0 Å². The Hall–Kier alpha value is -2.57. The number of allylic oxidation sites excluding steroid dienone is 4. The van der Waals surface area contributed by atoms with Crippen LogP contribution in [0.25, 0.3) is 11.5 Å². The number of ether oxygens (including phenoxy) is 1. The van der Waals surface area contributed by atoms with Gasteiger partial charge in [0.15, 0.2) is 0 Å². The Morgan fingerprint density at radius 2 is 2.09 bits per heavy atom. The average Bonchev–Trinajstić information content (AvgIpc) is 3.18. The van der Waals surface area contributed by atoms with Gasteiger partial charge in [0.25, 0.3) is 0 Å². The molecule has 2 aliphatic rings. The van der Waals surface area contributed by atoms with Gasteiger partial charge in [0.05, 0.1) is 18.4 Å². The highest BCUT2D eigenvalue weighted by molar-refractivity contribution is 7.98. The highest BCUT2D eigenvalue weighted by atomic mass is 32.2. The van der Waals surface area contributed by atoms with Crippen molar-refractivity contribution in [2.75, 3.05) is 12.9 Å². The normalized spacial score (nSPS) is 17.9. The van der Waals surface area contributed by atoms with E-state index in [0.717, 1.165) is 41.9 Å². The number of carboxylic acids is 1. The van der Waals surface area contributed by atoms with Crippen molar-refractivity contribution in [3.05, 3.63) is 70.7 Å². The van der Waals surface area contributed by atoms with Gasteiger partial charge in [-0.3, -0.25) is 4.79 Å². The molecule has 0 saturated carbocycles. The quantitative estimate of drug-likeness (QED) is 0.462. The Kier molecular flexibility index (Phi) is 7.33. The molecule has 0 saturated heterocycles. The molecule has 0 radical (unpaired) electrons. The van der Waals surface area contributed by atoms with Gasteiger partial charge in [-0.1, -0.05) is 18.2 Å². The van der Waals surface area contributed by atoms with Crippen molar-refractivity contribution in [2.24, 2.45) is 0 Å². The maximum absolute atomic E-state index is 11.0. The number of nitrogens with zero attached hydrogens (tertiary/aromatic N) is 1. The lowest BCUT2D eigenvalue weighted by Crippen LogP contribution is -2.22. The lowest BCUT2D eigenvalue weighted by Gasteiger charge is -2.29. The summed E-state index contributed by atoms with van der Waals surface area (Å²) in [5.74, 6) is 0.725. The minimum Gasteiger partial charge on any atom is -0.481 e. The van der Waals surface area contributed by atoms with Crippen LogP contribution in [0.1, 0.15) is 43.6 Å². The zero-order valence-electron chi connectivity index (χ0n) is 18.6. The largest absolute Gasteiger partial charge is 0.481 e. The summed E-state index contributed by atoms with van der Waals surface area (Å²) in [6, 6.07) is 8.23. The van der Waals surface area contributed by atoms with Gasteiger partial charge in [0.2, 0.25) is 5.89 Å². The second kappa shape index (κ2) is 10.4. The van der Waals surface area contributed by atoms with Crippen LogP contribution in [0, 0.1) is 6.92 Å². The predicted molar refractivity (Wildman–Crippen MR) is 127 cm³/mol. The van der Waals surface area contributed by atoms with E-state index < -0.39 is 5.97 Å². The molecule has 1 heterocycles. The van der Waals surface area contributed by atoms with Gasteiger partial charge in [-0.25, -0.2) is 4.98 Å². The molecular formula is C26H29NO4S. The Morgan fingerprint density at radius 3 is 2.84 bits per heavy atom. The topological polar surface area (TPSA) is 72.6 Å². The van der Waals surface area contributed by atoms with Gasteiger partial charge in [-0.15, -0.1) is 11.8 Å². The first-order chi connectivity index (χ1) is 15.5. The molecule has 2 aromatic rings. The summed E-state index contributed by atoms with van der Waals surface area (Å²) in [6.45, 7) is 2.52. The van der Waals surface area contributed by atoms with E-state index in [-0.39, 0.29) is 12.5 Å². The zero-order chi connectivity index (χ0) is 22.5.